The number of halogens is 2. The van der Waals surface area contributed by atoms with Crippen molar-refractivity contribution in [1.29, 1.82) is 0 Å². The maximum absolute atomic E-state index is 14.5. The topological polar surface area (TPSA) is 76.8 Å². The minimum atomic E-state index is -0.944. The number of fused-ring (bicyclic) bond motifs is 1. The van der Waals surface area contributed by atoms with Crippen LogP contribution in [-0.4, -0.2) is 51.3 Å². The second-order valence-corrected chi connectivity index (χ2v) is 11.4. The number of aromatic nitrogens is 2. The number of hydrogen-bond donors (Lipinski definition) is 1. The van der Waals surface area contributed by atoms with Gasteiger partial charge in [-0.15, -0.1) is 0 Å². The zero-order valence-corrected chi connectivity index (χ0v) is 23.7. The molecule has 9 heteroatoms. The molecule has 214 valence electrons. The summed E-state index contributed by atoms with van der Waals surface area (Å²) in [6.07, 6.45) is 2.58. The van der Waals surface area contributed by atoms with Gasteiger partial charge in [0.2, 0.25) is 0 Å². The minimum absolute atomic E-state index is 0.130. The van der Waals surface area contributed by atoms with Gasteiger partial charge in [-0.25, -0.2) is 14.2 Å². The Bertz CT molecular complexity index is 1560. The molecule has 1 unspecified atom stereocenters. The van der Waals surface area contributed by atoms with Crippen LogP contribution in [0, 0.1) is 5.82 Å². The Morgan fingerprint density at radius 1 is 1.15 bits per heavy atom. The van der Waals surface area contributed by atoms with Crippen LogP contribution in [0.4, 0.5) is 4.39 Å². The van der Waals surface area contributed by atoms with Crippen molar-refractivity contribution in [1.82, 2.24) is 14.5 Å². The molecule has 4 aromatic rings. The number of aromatic carboxylic acids is 1. The lowest BCUT2D eigenvalue weighted by atomic mass is 9.88. The molecule has 0 aliphatic carbocycles. The van der Waals surface area contributed by atoms with E-state index < -0.39 is 12.1 Å². The number of carboxylic acids is 1. The second kappa shape index (κ2) is 11.8. The Labute approximate surface area is 243 Å². The monoisotopic (exact) mass is 577 g/mol. The Hall–Kier alpha value is -3.46. The van der Waals surface area contributed by atoms with Gasteiger partial charge in [-0.3, -0.25) is 4.90 Å². The Morgan fingerprint density at radius 3 is 2.63 bits per heavy atom. The molecular weight excluding hydrogens is 545 g/mol. The summed E-state index contributed by atoms with van der Waals surface area (Å²) >= 11 is 5.93. The van der Waals surface area contributed by atoms with Crippen LogP contribution in [0.15, 0.2) is 60.7 Å². The van der Waals surface area contributed by atoms with Gasteiger partial charge < -0.3 is 19.1 Å². The van der Waals surface area contributed by atoms with Crippen LogP contribution in [0.2, 0.25) is 5.02 Å². The molecule has 2 aliphatic rings. The van der Waals surface area contributed by atoms with Gasteiger partial charge in [-0.2, -0.15) is 0 Å². The first-order valence-electron chi connectivity index (χ1n) is 14.1. The van der Waals surface area contributed by atoms with Gasteiger partial charge in [-0.1, -0.05) is 35.9 Å². The summed E-state index contributed by atoms with van der Waals surface area (Å²) in [7, 11) is 0. The number of para-hydroxylation sites is 1. The van der Waals surface area contributed by atoms with Gasteiger partial charge in [0.15, 0.2) is 0 Å². The number of nitrogens with zero attached hydrogens (tertiary/aromatic N) is 3. The van der Waals surface area contributed by atoms with Gasteiger partial charge in [0.25, 0.3) is 0 Å². The highest BCUT2D eigenvalue weighted by Crippen LogP contribution is 2.37. The van der Waals surface area contributed by atoms with Crippen LogP contribution in [0.5, 0.6) is 5.75 Å². The number of benzene rings is 3. The van der Waals surface area contributed by atoms with Gasteiger partial charge in [-0.05, 0) is 87.2 Å². The van der Waals surface area contributed by atoms with E-state index in [0.717, 1.165) is 67.1 Å². The molecule has 1 N–H and O–H groups in total. The fourth-order valence-electron chi connectivity index (χ4n) is 5.87. The number of likely N-dealkylation sites (tertiary alicyclic amines) is 1. The number of imidazole rings is 1. The van der Waals surface area contributed by atoms with Crippen molar-refractivity contribution in [3.63, 3.8) is 0 Å². The van der Waals surface area contributed by atoms with Crippen LogP contribution in [-0.2, 0) is 17.8 Å². The summed E-state index contributed by atoms with van der Waals surface area (Å²) in [5, 5.41) is 9.88. The fourth-order valence-corrected chi connectivity index (χ4v) is 6.03. The van der Waals surface area contributed by atoms with Crippen molar-refractivity contribution in [3.05, 3.63) is 94.0 Å². The summed E-state index contributed by atoms with van der Waals surface area (Å²) in [5.74, 6) is 0.721. The first-order valence-corrected chi connectivity index (χ1v) is 14.5. The summed E-state index contributed by atoms with van der Waals surface area (Å²) < 4.78 is 28.6. The normalized spacial score (nSPS) is 18.8. The van der Waals surface area contributed by atoms with E-state index >= 15 is 0 Å². The lowest BCUT2D eigenvalue weighted by molar-refractivity contribution is -0.0592. The number of carbonyl (C=O) groups is 1. The Balaban J connectivity index is 1.15. The first-order chi connectivity index (χ1) is 19.9. The van der Waals surface area contributed by atoms with Crippen LogP contribution in [0.25, 0.3) is 11.0 Å². The summed E-state index contributed by atoms with van der Waals surface area (Å²) in [6, 6.07) is 17.8. The third kappa shape index (κ3) is 5.96. The molecule has 0 saturated carbocycles. The highest BCUT2D eigenvalue weighted by atomic mass is 35.5. The standard InChI is InChI=1S/C32H33ClFN3O4/c1-20(25-8-7-23(33)17-27(25)34)41-30-5-3-2-4-26(30)21-10-13-36(14-11-21)19-31-35-28-9-6-22(32(38)39)16-29(28)37(31)18-24-12-15-40-24/h2-9,16-17,20-21,24H,10-15,18-19H2,1H3,(H,38,39)/t20?,24-/m0/s1. The van der Waals surface area contributed by atoms with Crippen LogP contribution >= 0.6 is 11.6 Å². The molecule has 2 aliphatic heterocycles. The van der Waals surface area contributed by atoms with Crippen molar-refractivity contribution in [2.45, 2.75) is 57.4 Å². The van der Waals surface area contributed by atoms with Crippen LogP contribution in [0.1, 0.15) is 65.5 Å². The maximum Gasteiger partial charge on any atom is 0.335 e. The van der Waals surface area contributed by atoms with E-state index in [0.29, 0.717) is 29.6 Å². The summed E-state index contributed by atoms with van der Waals surface area (Å²) in [4.78, 5) is 18.9. The van der Waals surface area contributed by atoms with Gasteiger partial charge in [0.05, 0.1) is 35.8 Å². The zero-order valence-electron chi connectivity index (χ0n) is 22.9. The molecule has 6 rings (SSSR count). The maximum atomic E-state index is 14.5. The molecule has 0 amide bonds. The van der Waals surface area contributed by atoms with Gasteiger partial charge in [0.1, 0.15) is 23.5 Å². The lowest BCUT2D eigenvalue weighted by Gasteiger charge is -2.33. The van der Waals surface area contributed by atoms with E-state index in [4.69, 9.17) is 26.1 Å². The third-order valence-corrected chi connectivity index (χ3v) is 8.50. The largest absolute Gasteiger partial charge is 0.486 e. The average molecular weight is 578 g/mol. The van der Waals surface area contributed by atoms with Crippen molar-refractivity contribution in [3.8, 4) is 5.75 Å². The van der Waals surface area contributed by atoms with Crippen LogP contribution < -0.4 is 4.74 Å². The SMILES string of the molecule is CC(Oc1ccccc1C1CCN(Cc2nc3ccc(C(=O)O)cc3n2C[C@@H]2CCO2)CC1)c1ccc(Cl)cc1F. The first kappa shape index (κ1) is 27.7. The van der Waals surface area contributed by atoms with E-state index in [-0.39, 0.29) is 17.5 Å². The molecule has 1 aromatic heterocycles. The molecule has 0 radical (unpaired) electrons. The Morgan fingerprint density at radius 2 is 1.93 bits per heavy atom. The molecule has 3 aromatic carbocycles. The average Bonchev–Trinajstić information content (AvgIpc) is 3.27. The second-order valence-electron chi connectivity index (χ2n) is 10.9. The molecule has 3 heterocycles. The summed E-state index contributed by atoms with van der Waals surface area (Å²) in [6.45, 7) is 5.75. The van der Waals surface area contributed by atoms with Crippen molar-refractivity contribution < 1.29 is 23.8 Å². The fraction of sp³-hybridized carbons (Fsp3) is 0.375. The molecule has 2 fully saturated rings. The van der Waals surface area contributed by atoms with Gasteiger partial charge >= 0.3 is 5.97 Å². The smallest absolute Gasteiger partial charge is 0.335 e. The summed E-state index contributed by atoms with van der Waals surface area (Å²) in [5.41, 5.74) is 3.52. The van der Waals surface area contributed by atoms with E-state index in [1.54, 1.807) is 30.3 Å². The molecule has 0 spiro atoms. The van der Waals surface area contributed by atoms with Crippen LogP contribution in [0.3, 0.4) is 0 Å². The van der Waals surface area contributed by atoms with Crippen molar-refractivity contribution in [2.24, 2.45) is 0 Å². The highest BCUT2D eigenvalue weighted by Gasteiger charge is 2.27. The molecule has 2 saturated heterocycles. The van der Waals surface area contributed by atoms with E-state index in [1.807, 2.05) is 25.1 Å². The Kier molecular flexibility index (Phi) is 7.97. The zero-order chi connectivity index (χ0) is 28.5. The molecule has 0 bridgehead atoms. The number of hydrogen-bond acceptors (Lipinski definition) is 5. The number of rotatable bonds is 9. The number of carboxylic acid groups (broad SMARTS) is 1. The third-order valence-electron chi connectivity index (χ3n) is 8.27. The van der Waals surface area contributed by atoms with Crippen molar-refractivity contribution in [2.75, 3.05) is 19.7 Å². The lowest BCUT2D eigenvalue weighted by Crippen LogP contribution is -2.35. The predicted octanol–water partition coefficient (Wildman–Crippen LogP) is 6.84. The molecule has 2 atom stereocenters. The van der Waals surface area contributed by atoms with E-state index in [9.17, 15) is 14.3 Å². The quantitative estimate of drug-likeness (QED) is 0.235. The van der Waals surface area contributed by atoms with Crippen molar-refractivity contribution >= 4 is 28.6 Å². The molecule has 41 heavy (non-hydrogen) atoms. The predicted molar refractivity (Wildman–Crippen MR) is 155 cm³/mol. The number of piperidine rings is 1. The highest BCUT2D eigenvalue weighted by molar-refractivity contribution is 6.30. The van der Waals surface area contributed by atoms with Gasteiger partial charge in [0, 0.05) is 17.2 Å². The molecular formula is C32H33ClFN3O4. The molecule has 7 nitrogen and oxygen atoms in total. The van der Waals surface area contributed by atoms with E-state index in [1.165, 1.54) is 6.07 Å². The number of ether oxygens (including phenoxy) is 2. The minimum Gasteiger partial charge on any atom is -0.486 e. The van der Waals surface area contributed by atoms with E-state index in [2.05, 4.69) is 15.5 Å².